The van der Waals surface area contributed by atoms with Crippen molar-refractivity contribution in [3.05, 3.63) is 87.4 Å². The van der Waals surface area contributed by atoms with Gasteiger partial charge in [0.05, 0.1) is 29.7 Å². The Balaban J connectivity index is 1.34. The molecule has 31 heavy (non-hydrogen) atoms. The van der Waals surface area contributed by atoms with Gasteiger partial charge < -0.3 is 14.8 Å². The third-order valence-electron chi connectivity index (χ3n) is 5.36. The third kappa shape index (κ3) is 5.26. The molecule has 1 aromatic heterocycles. The number of imidazole rings is 1. The minimum absolute atomic E-state index is 0.0780. The Morgan fingerprint density at radius 2 is 1.84 bits per heavy atom. The van der Waals surface area contributed by atoms with Gasteiger partial charge in [-0.25, -0.2) is 4.98 Å². The Bertz CT molecular complexity index is 1100. The van der Waals surface area contributed by atoms with Crippen molar-refractivity contribution in [1.29, 1.82) is 5.26 Å². The van der Waals surface area contributed by atoms with Crippen LogP contribution in [0.1, 0.15) is 28.8 Å². The fraction of sp³-hybridized carbons (Fsp3) is 0.261. The van der Waals surface area contributed by atoms with E-state index in [2.05, 4.69) is 16.4 Å². The lowest BCUT2D eigenvalue weighted by molar-refractivity contribution is -0.129. The van der Waals surface area contributed by atoms with Crippen LogP contribution in [0.4, 0.5) is 0 Å². The molecule has 3 aromatic rings. The van der Waals surface area contributed by atoms with Crippen LogP contribution in [-0.2, 0) is 24.4 Å². The number of nitriles is 1. The second kappa shape index (κ2) is 9.52. The van der Waals surface area contributed by atoms with Gasteiger partial charge in [0, 0.05) is 42.4 Å². The number of carbonyl (C=O) groups is 1. The monoisotopic (exact) mass is 453 g/mol. The molecule has 0 bridgehead atoms. The van der Waals surface area contributed by atoms with Crippen molar-refractivity contribution in [3.8, 4) is 6.07 Å². The maximum atomic E-state index is 12.8. The quantitative estimate of drug-likeness (QED) is 0.586. The van der Waals surface area contributed by atoms with Gasteiger partial charge in [-0.1, -0.05) is 35.3 Å². The number of likely N-dealkylation sites (tertiary alicyclic amines) is 1. The molecule has 1 fully saturated rings. The van der Waals surface area contributed by atoms with Gasteiger partial charge in [-0.3, -0.25) is 4.79 Å². The average Bonchev–Trinajstić information content (AvgIpc) is 3.33. The van der Waals surface area contributed by atoms with Gasteiger partial charge >= 0.3 is 0 Å². The Kier molecular flexibility index (Phi) is 6.57. The minimum Gasteiger partial charge on any atom is -0.337 e. The summed E-state index contributed by atoms with van der Waals surface area (Å²) in [7, 11) is 0. The smallest absolute Gasteiger partial charge is 0.240 e. The highest BCUT2D eigenvalue weighted by Crippen LogP contribution is 2.22. The zero-order valence-corrected chi connectivity index (χ0v) is 18.3. The number of nitrogens with one attached hydrogen (secondary N) is 1. The fourth-order valence-corrected chi connectivity index (χ4v) is 4.33. The number of halogens is 2. The van der Waals surface area contributed by atoms with Crippen LogP contribution in [0.3, 0.4) is 0 Å². The molecule has 1 amide bonds. The van der Waals surface area contributed by atoms with Gasteiger partial charge in [-0.2, -0.15) is 5.26 Å². The number of amides is 1. The van der Waals surface area contributed by atoms with Crippen molar-refractivity contribution in [2.75, 3.05) is 6.54 Å². The maximum Gasteiger partial charge on any atom is 0.240 e. The van der Waals surface area contributed by atoms with E-state index < -0.39 is 0 Å². The topological polar surface area (TPSA) is 74.0 Å². The predicted octanol–water partition coefficient (Wildman–Crippen LogP) is 4.00. The van der Waals surface area contributed by atoms with Crippen LogP contribution in [0.5, 0.6) is 0 Å². The van der Waals surface area contributed by atoms with Crippen LogP contribution in [0.25, 0.3) is 0 Å². The highest BCUT2D eigenvalue weighted by molar-refractivity contribution is 6.34. The number of hydrogen-bond donors (Lipinski definition) is 1. The first-order chi connectivity index (χ1) is 15.0. The Morgan fingerprint density at radius 1 is 1.10 bits per heavy atom. The molecule has 1 aliphatic heterocycles. The fourth-order valence-electron chi connectivity index (χ4n) is 3.75. The molecular weight excluding hydrogens is 433 g/mol. The molecule has 1 aliphatic rings. The van der Waals surface area contributed by atoms with E-state index >= 15 is 0 Å². The molecule has 1 atom stereocenters. The number of aromatic nitrogens is 2. The van der Waals surface area contributed by atoms with E-state index in [0.29, 0.717) is 41.8 Å². The summed E-state index contributed by atoms with van der Waals surface area (Å²) in [4.78, 5) is 18.9. The van der Waals surface area contributed by atoms with Crippen molar-refractivity contribution < 1.29 is 4.79 Å². The first-order valence-corrected chi connectivity index (χ1v) is 10.7. The number of carbonyl (C=O) groups excluding carboxylic acids is 1. The Hall–Kier alpha value is -2.85. The number of hydrogen-bond acceptors (Lipinski definition) is 4. The van der Waals surface area contributed by atoms with Crippen molar-refractivity contribution in [2.24, 2.45) is 0 Å². The molecule has 0 saturated carbocycles. The predicted molar refractivity (Wildman–Crippen MR) is 120 cm³/mol. The van der Waals surface area contributed by atoms with Crippen molar-refractivity contribution in [3.63, 3.8) is 0 Å². The largest absolute Gasteiger partial charge is 0.337 e. The molecular formula is C23H21Cl2N5O. The minimum atomic E-state index is -0.229. The SMILES string of the molecule is N#Cc1ccc(Cn2cncc2CN[C@H]2CCN(Cc3cc(Cl)cc(Cl)c3)C2=O)cc1. The van der Waals surface area contributed by atoms with Crippen LogP contribution in [0, 0.1) is 11.3 Å². The summed E-state index contributed by atoms with van der Waals surface area (Å²) in [5, 5.41) is 13.4. The van der Waals surface area contributed by atoms with E-state index in [1.807, 2.05) is 52.1 Å². The molecule has 2 aromatic carbocycles. The summed E-state index contributed by atoms with van der Waals surface area (Å²) in [5.74, 6) is 0.0780. The van der Waals surface area contributed by atoms with Gasteiger partial charge in [0.1, 0.15) is 0 Å². The average molecular weight is 454 g/mol. The second-order valence-electron chi connectivity index (χ2n) is 7.58. The van der Waals surface area contributed by atoms with Crippen LogP contribution in [0.15, 0.2) is 55.0 Å². The molecule has 158 valence electrons. The maximum absolute atomic E-state index is 12.8. The highest BCUT2D eigenvalue weighted by atomic mass is 35.5. The van der Waals surface area contributed by atoms with E-state index in [0.717, 1.165) is 23.2 Å². The van der Waals surface area contributed by atoms with Crippen LogP contribution in [-0.4, -0.2) is 32.9 Å². The molecule has 1 N–H and O–H groups in total. The molecule has 1 saturated heterocycles. The number of benzene rings is 2. The van der Waals surface area contributed by atoms with E-state index in [9.17, 15) is 4.79 Å². The number of rotatable bonds is 7. The van der Waals surface area contributed by atoms with Gasteiger partial charge in [-0.15, -0.1) is 0 Å². The lowest BCUT2D eigenvalue weighted by Crippen LogP contribution is -2.38. The van der Waals surface area contributed by atoms with E-state index in [1.54, 1.807) is 12.4 Å². The van der Waals surface area contributed by atoms with Gasteiger partial charge in [0.2, 0.25) is 5.91 Å². The zero-order chi connectivity index (χ0) is 21.8. The summed E-state index contributed by atoms with van der Waals surface area (Å²) < 4.78 is 2.04. The van der Waals surface area contributed by atoms with E-state index in [1.165, 1.54) is 0 Å². The first kappa shape index (κ1) is 21.4. The summed E-state index contributed by atoms with van der Waals surface area (Å²) in [6.07, 6.45) is 4.33. The van der Waals surface area contributed by atoms with Crippen LogP contribution >= 0.6 is 23.2 Å². The van der Waals surface area contributed by atoms with E-state index in [-0.39, 0.29) is 11.9 Å². The third-order valence-corrected chi connectivity index (χ3v) is 5.79. The Morgan fingerprint density at radius 3 is 2.55 bits per heavy atom. The lowest BCUT2D eigenvalue weighted by atomic mass is 10.1. The molecule has 4 rings (SSSR count). The highest BCUT2D eigenvalue weighted by Gasteiger charge is 2.31. The second-order valence-corrected chi connectivity index (χ2v) is 8.45. The Labute approximate surface area is 191 Å². The summed E-state index contributed by atoms with van der Waals surface area (Å²) in [6, 6.07) is 14.8. The van der Waals surface area contributed by atoms with Gasteiger partial charge in [0.15, 0.2) is 0 Å². The summed E-state index contributed by atoms with van der Waals surface area (Å²) >= 11 is 12.1. The lowest BCUT2D eigenvalue weighted by Gasteiger charge is -2.18. The molecule has 6 nitrogen and oxygen atoms in total. The van der Waals surface area contributed by atoms with Crippen LogP contribution < -0.4 is 5.32 Å². The molecule has 8 heteroatoms. The normalized spacial score (nSPS) is 16.0. The molecule has 0 unspecified atom stereocenters. The first-order valence-electron chi connectivity index (χ1n) is 9.97. The van der Waals surface area contributed by atoms with Crippen molar-refractivity contribution in [1.82, 2.24) is 19.8 Å². The van der Waals surface area contributed by atoms with E-state index in [4.69, 9.17) is 28.5 Å². The zero-order valence-electron chi connectivity index (χ0n) is 16.8. The van der Waals surface area contributed by atoms with Crippen molar-refractivity contribution >= 4 is 29.1 Å². The molecule has 0 aliphatic carbocycles. The standard InChI is InChI=1S/C23H21Cl2N5O/c24-19-7-18(8-20(25)9-19)14-29-6-5-22(23(29)31)28-12-21-11-27-15-30(21)13-17-3-1-16(10-26)2-4-17/h1-4,7-9,11,15,22,28H,5-6,12-14H2/t22-/m0/s1. The summed E-state index contributed by atoms with van der Waals surface area (Å²) in [5.41, 5.74) is 3.64. The summed E-state index contributed by atoms with van der Waals surface area (Å²) in [6.45, 7) is 2.38. The molecule has 0 radical (unpaired) electrons. The van der Waals surface area contributed by atoms with Gasteiger partial charge in [-0.05, 0) is 47.9 Å². The molecule has 2 heterocycles. The van der Waals surface area contributed by atoms with Gasteiger partial charge in [0.25, 0.3) is 0 Å². The number of nitrogens with zero attached hydrogens (tertiary/aromatic N) is 4. The van der Waals surface area contributed by atoms with Crippen molar-refractivity contribution in [2.45, 2.75) is 32.1 Å². The molecule has 0 spiro atoms. The van der Waals surface area contributed by atoms with Crippen LogP contribution in [0.2, 0.25) is 10.0 Å².